The molecule has 0 aliphatic carbocycles. The molecular weight excluding hydrogens is 583 g/mol. The summed E-state index contributed by atoms with van der Waals surface area (Å²) >= 11 is 0. The summed E-state index contributed by atoms with van der Waals surface area (Å²) in [6.07, 6.45) is 0.726. The molecule has 0 bridgehead atoms. The summed E-state index contributed by atoms with van der Waals surface area (Å²) in [6, 6.07) is 30.3. The van der Waals surface area contributed by atoms with Gasteiger partial charge in [0.2, 0.25) is 0 Å². The molecule has 0 unspecified atom stereocenters. The van der Waals surface area contributed by atoms with Crippen molar-refractivity contribution in [2.24, 2.45) is 0 Å². The highest BCUT2D eigenvalue weighted by molar-refractivity contribution is 6.71. The Morgan fingerprint density at radius 2 is 1.00 bits per heavy atom. The summed E-state index contributed by atoms with van der Waals surface area (Å²) < 4.78 is 2.15. The lowest BCUT2D eigenvalue weighted by molar-refractivity contribution is 0.908. The average Bonchev–Trinajstić information content (AvgIpc) is 3.52. The monoisotopic (exact) mass is 604 g/mol. The van der Waals surface area contributed by atoms with Crippen LogP contribution in [0, 0.1) is 0 Å². The number of benzene rings is 7. The van der Waals surface area contributed by atoms with Gasteiger partial charge in [-0.2, -0.15) is 0 Å². The minimum absolute atomic E-state index is 0.176. The number of fused-ring (bicyclic) bond motifs is 4. The van der Waals surface area contributed by atoms with Crippen molar-refractivity contribution in [3.05, 3.63) is 96.8 Å². The van der Waals surface area contributed by atoms with Crippen molar-refractivity contribution < 1.29 is 0 Å². The van der Waals surface area contributed by atoms with Crippen molar-refractivity contribution in [1.82, 2.24) is 9.55 Å². The highest BCUT2D eigenvalue weighted by atomic mass is 15.1. The molecule has 10 heteroatoms. The van der Waals surface area contributed by atoms with Gasteiger partial charge in [0.25, 0.3) is 0 Å². The number of hydrogen-bond acceptors (Lipinski definition) is 1. The lowest BCUT2D eigenvalue weighted by Gasteiger charge is -2.28. The first kappa shape index (κ1) is 31.6. The smallest absolute Gasteiger partial charge is 0.114 e. The van der Waals surface area contributed by atoms with Crippen molar-refractivity contribution in [2.75, 3.05) is 0 Å². The minimum Gasteiger partial charge on any atom is -0.296 e. The van der Waals surface area contributed by atoms with E-state index in [0.29, 0.717) is 32.7 Å². The van der Waals surface area contributed by atoms with Gasteiger partial charge < -0.3 is 0 Å². The number of rotatable bonds is 4. The van der Waals surface area contributed by atoms with Crippen LogP contribution in [0.4, 0.5) is 0 Å². The number of aromatic nitrogens is 2. The highest BCUT2D eigenvalue weighted by Crippen LogP contribution is 2.41. The van der Waals surface area contributed by atoms with Crippen LogP contribution in [0.15, 0.2) is 91.0 Å². The molecule has 210 valence electrons. The van der Waals surface area contributed by atoms with E-state index in [1.165, 1.54) is 0 Å². The van der Waals surface area contributed by atoms with E-state index in [4.69, 9.17) is 67.8 Å². The van der Waals surface area contributed by atoms with Crippen LogP contribution in [-0.2, 0) is 6.42 Å². The molecule has 7 aromatic carbocycles. The summed E-state index contributed by atoms with van der Waals surface area (Å²) in [7, 11) is 54.1. The molecule has 2 nitrogen and oxygen atoms in total. The lowest BCUT2D eigenvalue weighted by atomic mass is 9.59. The molecular formula is C39H20B8N2. The van der Waals surface area contributed by atoms with Crippen LogP contribution in [0.3, 0.4) is 0 Å². The minimum atomic E-state index is 0.176. The van der Waals surface area contributed by atoms with E-state index in [9.17, 15) is 0 Å². The molecule has 8 rings (SSSR count). The molecule has 0 aliphatic heterocycles. The molecule has 0 atom stereocenters. The molecule has 1 heterocycles. The third-order valence-corrected chi connectivity index (χ3v) is 9.70. The number of imidazole rings is 1. The Balaban J connectivity index is 1.59. The van der Waals surface area contributed by atoms with Crippen LogP contribution in [0.25, 0.3) is 71.3 Å². The highest BCUT2D eigenvalue weighted by Gasteiger charge is 2.25. The normalized spacial score (nSPS) is 11.7. The van der Waals surface area contributed by atoms with E-state index in [1.807, 2.05) is 66.7 Å². The zero-order valence-electron chi connectivity index (χ0n) is 26.9. The van der Waals surface area contributed by atoms with Crippen LogP contribution < -0.4 is 43.7 Å². The second-order valence-electron chi connectivity index (χ2n) is 12.4. The predicted molar refractivity (Wildman–Crippen MR) is 217 cm³/mol. The maximum Gasteiger partial charge on any atom is 0.114 e. The van der Waals surface area contributed by atoms with Gasteiger partial charge in [-0.25, -0.2) is 4.98 Å². The molecule has 0 aliphatic rings. The predicted octanol–water partition coefficient (Wildman–Crippen LogP) is 0.732. The molecule has 0 saturated carbocycles. The number of para-hydroxylation sites is 2. The van der Waals surface area contributed by atoms with Gasteiger partial charge in [0.1, 0.15) is 68.6 Å². The molecule has 16 radical (unpaired) electrons. The van der Waals surface area contributed by atoms with Gasteiger partial charge in [-0.3, -0.25) is 4.57 Å². The largest absolute Gasteiger partial charge is 0.296 e. The van der Waals surface area contributed by atoms with Crippen molar-refractivity contribution in [1.29, 1.82) is 0 Å². The second-order valence-corrected chi connectivity index (χ2v) is 12.4. The van der Waals surface area contributed by atoms with Crippen LogP contribution in [0.1, 0.15) is 12.7 Å². The Hall–Kier alpha value is -4.69. The first-order chi connectivity index (χ1) is 23.6. The standard InChI is InChI=1S/C39H20B8N2/c1-2-25-48-23-12-5-6-13-24(23)49(25)22-11-7-10-20(17-22)26-28-30(34(42)38(46)36(44)32(28)40)27(21-15-14-18-8-3-4-9-19(18)16-21)31-29(26)33(41)37(45)39(47)35(31)43/h3-17H,2H2,1H3. The number of hydrogen-bond donors (Lipinski definition) is 0. The van der Waals surface area contributed by atoms with E-state index >= 15 is 0 Å². The molecule has 0 spiro atoms. The topological polar surface area (TPSA) is 17.8 Å². The van der Waals surface area contributed by atoms with Crippen LogP contribution in [0.2, 0.25) is 0 Å². The Labute approximate surface area is 296 Å². The fraction of sp³-hybridized carbons (Fsp3) is 0.0513. The third-order valence-electron chi connectivity index (χ3n) is 9.70. The van der Waals surface area contributed by atoms with Crippen molar-refractivity contribution in [2.45, 2.75) is 13.3 Å². The Morgan fingerprint density at radius 1 is 0.490 bits per heavy atom. The van der Waals surface area contributed by atoms with Crippen LogP contribution >= 0.6 is 0 Å². The van der Waals surface area contributed by atoms with Gasteiger partial charge in [-0.1, -0.05) is 89.4 Å². The Kier molecular flexibility index (Phi) is 7.56. The SMILES string of the molecule is [B]c1c([B])c([B])c2c(-c3ccc4ccccc4c3)c3c([B])c([B])c([B])c([B])c3c(-c3cccc(-n4c(CC)nc5ccccc54)c3)c2c1[B]. The summed E-state index contributed by atoms with van der Waals surface area (Å²) in [5, 5.41) is 4.42. The first-order valence-electron chi connectivity index (χ1n) is 16.0. The molecule has 0 fully saturated rings. The number of nitrogens with zero attached hydrogens (tertiary/aromatic N) is 2. The molecule has 8 aromatic rings. The zero-order valence-corrected chi connectivity index (χ0v) is 26.9. The van der Waals surface area contributed by atoms with Gasteiger partial charge in [0.15, 0.2) is 0 Å². The number of aryl methyl sites for hydroxylation is 1. The Morgan fingerprint density at radius 3 is 1.57 bits per heavy atom. The van der Waals surface area contributed by atoms with E-state index in [2.05, 4.69) is 35.8 Å². The molecule has 0 saturated heterocycles. The van der Waals surface area contributed by atoms with Crippen molar-refractivity contribution in [3.8, 4) is 27.9 Å². The first-order valence-corrected chi connectivity index (χ1v) is 16.0. The van der Waals surface area contributed by atoms with Gasteiger partial charge in [0.05, 0.1) is 11.0 Å². The summed E-state index contributed by atoms with van der Waals surface area (Å²) in [4.78, 5) is 4.90. The summed E-state index contributed by atoms with van der Waals surface area (Å²) in [5.41, 5.74) is 7.50. The quantitative estimate of drug-likeness (QED) is 0.215. The van der Waals surface area contributed by atoms with E-state index < -0.39 is 0 Å². The zero-order chi connectivity index (χ0) is 34.3. The second kappa shape index (κ2) is 11.7. The van der Waals surface area contributed by atoms with Gasteiger partial charge in [-0.05, 0) is 84.9 Å². The van der Waals surface area contributed by atoms with Crippen molar-refractivity contribution >= 4 is 150 Å². The fourth-order valence-electron chi connectivity index (χ4n) is 7.27. The maximum atomic E-state index is 6.96. The lowest BCUT2D eigenvalue weighted by Crippen LogP contribution is -2.50. The average molecular weight is 603 g/mol. The van der Waals surface area contributed by atoms with E-state index in [0.717, 1.165) is 50.9 Å². The maximum absolute atomic E-state index is 6.96. The molecule has 0 amide bonds. The van der Waals surface area contributed by atoms with Crippen LogP contribution in [-0.4, -0.2) is 72.3 Å². The molecule has 0 N–H and O–H groups in total. The summed E-state index contributed by atoms with van der Waals surface area (Å²) in [5.74, 6) is 0.918. The van der Waals surface area contributed by atoms with Gasteiger partial charge in [0, 0.05) is 12.1 Å². The van der Waals surface area contributed by atoms with E-state index in [1.54, 1.807) is 0 Å². The van der Waals surface area contributed by atoms with Gasteiger partial charge >= 0.3 is 0 Å². The molecule has 49 heavy (non-hydrogen) atoms. The summed E-state index contributed by atoms with van der Waals surface area (Å²) in [6.45, 7) is 2.08. The van der Waals surface area contributed by atoms with Gasteiger partial charge in [-0.15, -0.1) is 21.9 Å². The Bertz CT molecular complexity index is 2620. The third kappa shape index (κ3) is 4.63. The van der Waals surface area contributed by atoms with Crippen molar-refractivity contribution in [3.63, 3.8) is 0 Å². The molecule has 1 aromatic heterocycles. The van der Waals surface area contributed by atoms with Crippen LogP contribution in [0.5, 0.6) is 0 Å². The van der Waals surface area contributed by atoms with E-state index in [-0.39, 0.29) is 43.7 Å². The fourth-order valence-corrected chi connectivity index (χ4v) is 7.27.